The van der Waals surface area contributed by atoms with Gasteiger partial charge in [0.1, 0.15) is 0 Å². The summed E-state index contributed by atoms with van der Waals surface area (Å²) in [6.45, 7) is 0. The molecular formula is C9H15Br3Cl3O4P. The zero-order valence-corrected chi connectivity index (χ0v) is 18.2. The molecule has 4 nitrogen and oxygen atoms in total. The van der Waals surface area contributed by atoms with E-state index in [1.807, 2.05) is 0 Å². The Hall–Kier alpha value is 2.42. The molecule has 0 aliphatic heterocycles. The van der Waals surface area contributed by atoms with Crippen molar-refractivity contribution in [1.82, 2.24) is 0 Å². The summed E-state index contributed by atoms with van der Waals surface area (Å²) in [6.07, 6.45) is -1.54. The van der Waals surface area contributed by atoms with Crippen LogP contribution < -0.4 is 0 Å². The second-order valence-electron chi connectivity index (χ2n) is 3.56. The van der Waals surface area contributed by atoms with Gasteiger partial charge in [0.15, 0.2) is 0 Å². The van der Waals surface area contributed by atoms with Crippen LogP contribution in [-0.4, -0.2) is 51.9 Å². The second kappa shape index (κ2) is 12.8. The van der Waals surface area contributed by atoms with Gasteiger partial charge in [-0.3, -0.25) is 13.6 Å². The maximum Gasteiger partial charge on any atom is 0.475 e. The third kappa shape index (κ3) is 8.90. The van der Waals surface area contributed by atoms with Crippen molar-refractivity contribution >= 4 is 90.4 Å². The van der Waals surface area contributed by atoms with Crippen molar-refractivity contribution in [1.29, 1.82) is 0 Å². The molecule has 0 bridgehead atoms. The fraction of sp³-hybridized carbons (Fsp3) is 1.00. The maximum atomic E-state index is 12.7. The summed E-state index contributed by atoms with van der Waals surface area (Å²) >= 11 is 26.8. The molecule has 0 amide bonds. The first-order valence-electron chi connectivity index (χ1n) is 5.49. The number of rotatable bonds is 12. The Labute approximate surface area is 159 Å². The fourth-order valence-corrected chi connectivity index (χ4v) is 5.87. The van der Waals surface area contributed by atoms with Crippen molar-refractivity contribution in [3.05, 3.63) is 0 Å². The van der Waals surface area contributed by atoms with E-state index < -0.39 is 26.1 Å². The van der Waals surface area contributed by atoms with E-state index in [-0.39, 0.29) is 17.6 Å². The lowest BCUT2D eigenvalue weighted by Crippen LogP contribution is -2.25. The van der Waals surface area contributed by atoms with Gasteiger partial charge in [-0.1, -0.05) is 47.8 Å². The summed E-state index contributed by atoms with van der Waals surface area (Å²) in [5.41, 5.74) is 0. The predicted octanol–water partition coefficient (Wildman–Crippen LogP) is 5.15. The Balaban J connectivity index is 4.95. The van der Waals surface area contributed by atoms with E-state index >= 15 is 0 Å². The Bertz CT molecular complexity index is 249. The number of hydrogen-bond donors (Lipinski definition) is 0. The molecule has 0 fully saturated rings. The molecule has 11 heteroatoms. The van der Waals surface area contributed by atoms with E-state index in [9.17, 15) is 4.57 Å². The SMILES string of the molecule is O=P(O[C@H](CCl)CBr)(O[C@H](CCl)CBr)O[C@@H](CCl)CBr. The molecule has 20 heavy (non-hydrogen) atoms. The van der Waals surface area contributed by atoms with Crippen LogP contribution in [-0.2, 0) is 18.1 Å². The molecule has 0 radical (unpaired) electrons. The zero-order chi connectivity index (χ0) is 15.6. The topological polar surface area (TPSA) is 44.8 Å². The smallest absolute Gasteiger partial charge is 0.281 e. The molecule has 0 aromatic rings. The highest BCUT2D eigenvalue weighted by molar-refractivity contribution is 9.09. The van der Waals surface area contributed by atoms with E-state index in [0.29, 0.717) is 16.0 Å². The monoisotopic (exact) mass is 560 g/mol. The van der Waals surface area contributed by atoms with Gasteiger partial charge in [-0.2, -0.15) is 0 Å². The molecule has 0 heterocycles. The zero-order valence-electron chi connectivity index (χ0n) is 10.3. The summed E-state index contributed by atoms with van der Waals surface area (Å²) in [6, 6.07) is 0. The average Bonchev–Trinajstić information content (AvgIpc) is 2.48. The van der Waals surface area contributed by atoms with Gasteiger partial charge in [-0.05, 0) is 0 Å². The van der Waals surface area contributed by atoms with Crippen LogP contribution >= 0.6 is 90.4 Å². The maximum absolute atomic E-state index is 12.7. The first kappa shape index (κ1) is 22.4. The molecule has 0 rings (SSSR count). The highest BCUT2D eigenvalue weighted by Gasteiger charge is 2.35. The molecule has 0 saturated heterocycles. The molecule has 0 aromatic carbocycles. The highest BCUT2D eigenvalue weighted by atomic mass is 79.9. The number of hydrogen-bond acceptors (Lipinski definition) is 4. The highest BCUT2D eigenvalue weighted by Crippen LogP contribution is 2.53. The van der Waals surface area contributed by atoms with Gasteiger partial charge in [0.05, 0.1) is 36.0 Å². The normalized spacial score (nSPS) is 16.9. The lowest BCUT2D eigenvalue weighted by atomic mass is 10.5. The summed E-state index contributed by atoms with van der Waals surface area (Å²) in [5.74, 6) is 0.422. The average molecular weight is 564 g/mol. The lowest BCUT2D eigenvalue weighted by molar-refractivity contribution is 0.0622. The second-order valence-corrected chi connectivity index (χ2v) is 7.95. The van der Waals surface area contributed by atoms with Gasteiger partial charge in [0, 0.05) is 16.0 Å². The first-order chi connectivity index (χ1) is 9.48. The Morgan fingerprint density at radius 3 is 1.15 bits per heavy atom. The molecule has 0 saturated carbocycles. The molecule has 0 unspecified atom stereocenters. The Morgan fingerprint density at radius 2 is 1.00 bits per heavy atom. The number of phosphoric ester groups is 1. The molecule has 0 aromatic heterocycles. The molecule has 0 spiro atoms. The minimum absolute atomic E-state index is 0.141. The first-order valence-corrected chi connectivity index (χ1v) is 11.9. The van der Waals surface area contributed by atoms with Gasteiger partial charge in [0.25, 0.3) is 0 Å². The van der Waals surface area contributed by atoms with Gasteiger partial charge >= 0.3 is 7.82 Å². The third-order valence-corrected chi connectivity index (χ3v) is 6.74. The molecule has 0 N–H and O–H groups in total. The molecular weight excluding hydrogens is 549 g/mol. The minimum atomic E-state index is -3.83. The quantitative estimate of drug-likeness (QED) is 0.243. The van der Waals surface area contributed by atoms with Crippen LogP contribution in [0.15, 0.2) is 0 Å². The van der Waals surface area contributed by atoms with Crippen LogP contribution in [0.1, 0.15) is 0 Å². The van der Waals surface area contributed by atoms with Crippen molar-refractivity contribution in [2.45, 2.75) is 18.3 Å². The molecule has 0 aliphatic rings. The van der Waals surface area contributed by atoms with Crippen molar-refractivity contribution in [3.8, 4) is 0 Å². The third-order valence-electron chi connectivity index (χ3n) is 1.87. The molecule has 122 valence electrons. The van der Waals surface area contributed by atoms with Crippen molar-refractivity contribution in [3.63, 3.8) is 0 Å². The summed E-state index contributed by atoms with van der Waals surface area (Å²) < 4.78 is 28.8. The number of halogens is 6. The summed E-state index contributed by atoms with van der Waals surface area (Å²) in [7, 11) is -3.83. The van der Waals surface area contributed by atoms with E-state index in [1.165, 1.54) is 0 Å². The van der Waals surface area contributed by atoms with Gasteiger partial charge in [-0.15, -0.1) is 34.8 Å². The van der Waals surface area contributed by atoms with Crippen LogP contribution in [0.3, 0.4) is 0 Å². The fourth-order valence-electron chi connectivity index (χ4n) is 0.915. The van der Waals surface area contributed by atoms with Crippen molar-refractivity contribution in [2.24, 2.45) is 0 Å². The molecule has 3 atom stereocenters. The predicted molar refractivity (Wildman–Crippen MR) is 95.8 cm³/mol. The van der Waals surface area contributed by atoms with Crippen LogP contribution in [0.4, 0.5) is 0 Å². The van der Waals surface area contributed by atoms with Gasteiger partial charge < -0.3 is 0 Å². The minimum Gasteiger partial charge on any atom is -0.281 e. The summed E-state index contributed by atoms with van der Waals surface area (Å²) in [4.78, 5) is 0. The van der Waals surface area contributed by atoms with Crippen molar-refractivity contribution in [2.75, 3.05) is 33.6 Å². The van der Waals surface area contributed by atoms with Crippen LogP contribution in [0.2, 0.25) is 0 Å². The van der Waals surface area contributed by atoms with Gasteiger partial charge in [0.2, 0.25) is 0 Å². The van der Waals surface area contributed by atoms with E-state index in [4.69, 9.17) is 48.4 Å². The Morgan fingerprint density at radius 1 is 0.750 bits per heavy atom. The Kier molecular flexibility index (Phi) is 14.3. The molecule has 0 aliphatic carbocycles. The van der Waals surface area contributed by atoms with Crippen LogP contribution in [0.25, 0.3) is 0 Å². The van der Waals surface area contributed by atoms with Crippen molar-refractivity contribution < 1.29 is 18.1 Å². The van der Waals surface area contributed by atoms with Gasteiger partial charge in [-0.25, -0.2) is 4.57 Å². The summed E-state index contributed by atoms with van der Waals surface area (Å²) in [5, 5.41) is 1.19. The number of alkyl halides is 6. The standard InChI is InChI=1S/C9H15Br3Cl3O4P/c10-1-7(4-13)17-20(16,18-8(2-11)5-14)19-9(3-12)6-15/h7-9H,1-6H2/t7-,8-,9+/m0/s1. The number of phosphoric acid groups is 1. The van der Waals surface area contributed by atoms with E-state index in [1.54, 1.807) is 0 Å². The van der Waals surface area contributed by atoms with Crippen LogP contribution in [0, 0.1) is 0 Å². The van der Waals surface area contributed by atoms with E-state index in [0.717, 1.165) is 0 Å². The van der Waals surface area contributed by atoms with Crippen LogP contribution in [0.5, 0.6) is 0 Å². The largest absolute Gasteiger partial charge is 0.475 e. The van der Waals surface area contributed by atoms with E-state index in [2.05, 4.69) is 47.8 Å². The lowest BCUT2D eigenvalue weighted by Gasteiger charge is -2.27.